The highest BCUT2D eigenvalue weighted by atomic mass is 79.9. The molecule has 1 aromatic heterocycles. The number of nitrogens with zero attached hydrogens (tertiary/aromatic N) is 2. The average molecular weight is 315 g/mol. The van der Waals surface area contributed by atoms with Crippen LogP contribution in [-0.2, 0) is 12.1 Å². The molecule has 0 saturated heterocycles. The molecule has 1 fully saturated rings. The molecule has 1 aliphatic rings. The first-order chi connectivity index (χ1) is 8.49. The van der Waals surface area contributed by atoms with E-state index in [2.05, 4.69) is 41.8 Å². The van der Waals surface area contributed by atoms with Gasteiger partial charge in [-0.2, -0.15) is 5.10 Å². The van der Waals surface area contributed by atoms with Gasteiger partial charge in [0.25, 0.3) is 0 Å². The van der Waals surface area contributed by atoms with Crippen molar-refractivity contribution in [2.24, 2.45) is 11.8 Å². The molecule has 3 nitrogen and oxygen atoms in total. The van der Waals surface area contributed by atoms with Gasteiger partial charge in [-0.25, -0.2) is 0 Å². The van der Waals surface area contributed by atoms with Crippen LogP contribution in [0.5, 0.6) is 0 Å². The quantitative estimate of drug-likeness (QED) is 0.923. The molecule has 0 spiro atoms. The normalized spacial score (nSPS) is 32.7. The van der Waals surface area contributed by atoms with E-state index in [0.29, 0.717) is 5.92 Å². The summed E-state index contributed by atoms with van der Waals surface area (Å²) in [6.07, 6.45) is 5.85. The average Bonchev–Trinajstić information content (AvgIpc) is 2.67. The first-order valence-corrected chi connectivity index (χ1v) is 7.72. The Balaban J connectivity index is 2.37. The highest BCUT2D eigenvalue weighted by Crippen LogP contribution is 2.45. The van der Waals surface area contributed by atoms with Crippen LogP contribution in [0.25, 0.3) is 0 Å². The molecule has 0 bridgehead atoms. The van der Waals surface area contributed by atoms with Crippen LogP contribution < -0.4 is 0 Å². The zero-order valence-corrected chi connectivity index (χ0v) is 13.1. The maximum absolute atomic E-state index is 11.1. The van der Waals surface area contributed by atoms with Gasteiger partial charge in [-0.15, -0.1) is 0 Å². The third kappa shape index (κ3) is 2.37. The lowest BCUT2D eigenvalue weighted by Crippen LogP contribution is -2.40. The van der Waals surface area contributed by atoms with Crippen LogP contribution in [0.15, 0.2) is 10.7 Å². The van der Waals surface area contributed by atoms with E-state index in [1.807, 2.05) is 10.9 Å². The number of hydrogen-bond acceptors (Lipinski definition) is 2. The van der Waals surface area contributed by atoms with Gasteiger partial charge in [0, 0.05) is 6.54 Å². The van der Waals surface area contributed by atoms with Crippen LogP contribution in [0.4, 0.5) is 0 Å². The minimum atomic E-state index is -0.725. The van der Waals surface area contributed by atoms with Gasteiger partial charge in [-0.3, -0.25) is 4.68 Å². The van der Waals surface area contributed by atoms with Gasteiger partial charge in [0.15, 0.2) is 0 Å². The van der Waals surface area contributed by atoms with E-state index in [9.17, 15) is 5.11 Å². The number of rotatable bonds is 3. The molecule has 0 aromatic carbocycles. The van der Waals surface area contributed by atoms with Crippen LogP contribution in [0.2, 0.25) is 0 Å². The van der Waals surface area contributed by atoms with E-state index in [0.717, 1.165) is 42.4 Å². The third-order valence-electron chi connectivity index (χ3n) is 4.23. The molecule has 0 aliphatic heterocycles. The molecule has 4 heteroatoms. The molecule has 3 atom stereocenters. The monoisotopic (exact) mass is 314 g/mol. The summed E-state index contributed by atoms with van der Waals surface area (Å²) < 4.78 is 2.91. The second-order valence-corrected chi connectivity index (χ2v) is 6.62. The van der Waals surface area contributed by atoms with Crippen molar-refractivity contribution >= 4 is 15.9 Å². The summed E-state index contributed by atoms with van der Waals surface area (Å²) in [5.74, 6) is 0.992. The SMILES string of the molecule is CCCn1ncc(Br)c1C1(O)CCC(C)CC1C. The molecule has 0 amide bonds. The fraction of sp³-hybridized carbons (Fsp3) is 0.786. The molecule has 1 saturated carbocycles. The fourth-order valence-electron chi connectivity index (χ4n) is 3.16. The summed E-state index contributed by atoms with van der Waals surface area (Å²) in [7, 11) is 0. The molecule has 3 unspecified atom stereocenters. The third-order valence-corrected chi connectivity index (χ3v) is 4.81. The van der Waals surface area contributed by atoms with Crippen LogP contribution >= 0.6 is 15.9 Å². The maximum atomic E-state index is 11.1. The maximum Gasteiger partial charge on any atom is 0.110 e. The van der Waals surface area contributed by atoms with Crippen molar-refractivity contribution in [1.29, 1.82) is 0 Å². The minimum Gasteiger partial charge on any atom is -0.383 e. The Morgan fingerprint density at radius 3 is 2.89 bits per heavy atom. The lowest BCUT2D eigenvalue weighted by atomic mass is 9.70. The van der Waals surface area contributed by atoms with Crippen LogP contribution in [-0.4, -0.2) is 14.9 Å². The Hall–Kier alpha value is -0.350. The van der Waals surface area contributed by atoms with Crippen molar-refractivity contribution in [3.8, 4) is 0 Å². The zero-order chi connectivity index (χ0) is 13.3. The highest BCUT2D eigenvalue weighted by molar-refractivity contribution is 9.10. The fourth-order valence-corrected chi connectivity index (χ4v) is 3.79. The van der Waals surface area contributed by atoms with Crippen molar-refractivity contribution in [1.82, 2.24) is 9.78 Å². The molecular formula is C14H23BrN2O. The highest BCUT2D eigenvalue weighted by Gasteiger charge is 2.43. The first-order valence-electron chi connectivity index (χ1n) is 6.93. The lowest BCUT2D eigenvalue weighted by molar-refractivity contribution is -0.0660. The van der Waals surface area contributed by atoms with Crippen molar-refractivity contribution in [3.05, 3.63) is 16.4 Å². The second-order valence-electron chi connectivity index (χ2n) is 5.77. The van der Waals surface area contributed by atoms with Gasteiger partial charge >= 0.3 is 0 Å². The van der Waals surface area contributed by atoms with E-state index >= 15 is 0 Å². The summed E-state index contributed by atoms with van der Waals surface area (Å²) in [5, 5.41) is 15.5. The Morgan fingerprint density at radius 2 is 2.28 bits per heavy atom. The molecule has 1 N–H and O–H groups in total. The molecular weight excluding hydrogens is 292 g/mol. The Bertz CT molecular complexity index is 418. The topological polar surface area (TPSA) is 38.0 Å². The predicted molar refractivity (Wildman–Crippen MR) is 76.3 cm³/mol. The first kappa shape index (κ1) is 14.1. The van der Waals surface area contributed by atoms with Crippen LogP contribution in [0, 0.1) is 11.8 Å². The Labute approximate surface area is 118 Å². The largest absolute Gasteiger partial charge is 0.383 e. The second kappa shape index (κ2) is 5.33. The molecule has 18 heavy (non-hydrogen) atoms. The predicted octanol–water partition coefficient (Wildman–Crippen LogP) is 3.70. The van der Waals surface area contributed by atoms with E-state index < -0.39 is 5.60 Å². The summed E-state index contributed by atoms with van der Waals surface area (Å²) in [6.45, 7) is 7.43. The number of halogens is 1. The van der Waals surface area contributed by atoms with Crippen LogP contribution in [0.3, 0.4) is 0 Å². The zero-order valence-electron chi connectivity index (χ0n) is 11.5. The number of aryl methyl sites for hydroxylation is 1. The summed E-state index contributed by atoms with van der Waals surface area (Å²) >= 11 is 3.56. The van der Waals surface area contributed by atoms with E-state index in [1.54, 1.807) is 0 Å². The molecule has 1 aliphatic carbocycles. The number of aromatic nitrogens is 2. The van der Waals surface area contributed by atoms with Gasteiger partial charge in [0.1, 0.15) is 5.60 Å². The molecule has 102 valence electrons. The van der Waals surface area contributed by atoms with Gasteiger partial charge in [-0.05, 0) is 53.4 Å². The molecule has 2 rings (SSSR count). The van der Waals surface area contributed by atoms with E-state index in [1.165, 1.54) is 0 Å². The lowest BCUT2D eigenvalue weighted by Gasteiger charge is -2.41. The van der Waals surface area contributed by atoms with E-state index in [4.69, 9.17) is 0 Å². The molecule has 0 radical (unpaired) electrons. The van der Waals surface area contributed by atoms with Gasteiger partial charge < -0.3 is 5.11 Å². The van der Waals surface area contributed by atoms with Crippen molar-refractivity contribution in [2.75, 3.05) is 0 Å². The van der Waals surface area contributed by atoms with Gasteiger partial charge in [-0.1, -0.05) is 20.8 Å². The van der Waals surface area contributed by atoms with Gasteiger partial charge in [0.05, 0.1) is 16.4 Å². The van der Waals surface area contributed by atoms with E-state index in [-0.39, 0.29) is 5.92 Å². The number of aliphatic hydroxyl groups is 1. The standard InChI is InChI=1S/C14H23BrN2O/c1-4-7-17-13(12(15)9-16-17)14(18)6-5-10(2)8-11(14)3/h9-11,18H,4-8H2,1-3H3. The summed E-state index contributed by atoms with van der Waals surface area (Å²) in [4.78, 5) is 0. The number of hydrogen-bond donors (Lipinski definition) is 1. The minimum absolute atomic E-state index is 0.282. The molecule has 1 aromatic rings. The van der Waals surface area contributed by atoms with Crippen LogP contribution in [0.1, 0.15) is 52.1 Å². The summed E-state index contributed by atoms with van der Waals surface area (Å²) in [5.41, 5.74) is 0.251. The van der Waals surface area contributed by atoms with Gasteiger partial charge in [0.2, 0.25) is 0 Å². The molecule has 1 heterocycles. The smallest absolute Gasteiger partial charge is 0.110 e. The summed E-state index contributed by atoms with van der Waals surface area (Å²) in [6, 6.07) is 0. The van der Waals surface area contributed by atoms with Crippen molar-refractivity contribution in [2.45, 2.75) is 58.6 Å². The Morgan fingerprint density at radius 1 is 1.56 bits per heavy atom. The van der Waals surface area contributed by atoms with Crippen molar-refractivity contribution < 1.29 is 5.11 Å². The van der Waals surface area contributed by atoms with Crippen molar-refractivity contribution in [3.63, 3.8) is 0 Å². The Kier molecular flexibility index (Phi) is 4.17.